The lowest BCUT2D eigenvalue weighted by molar-refractivity contribution is 0.676. The predicted octanol–water partition coefficient (Wildman–Crippen LogP) is -21.8. The minimum Gasteiger partial charge on any atom is -0.456 e. The molecule has 0 atom stereocenters. The van der Waals surface area contributed by atoms with E-state index in [0.717, 1.165) is 0 Å². The maximum absolute atomic E-state index is 7.39. The molecule has 296 valence electrons. The predicted molar refractivity (Wildman–Crippen MR) is 379 cm³/mol. The van der Waals surface area contributed by atoms with Gasteiger partial charge in [0.2, 0.25) is 0 Å². The molecule has 0 amide bonds. The van der Waals surface area contributed by atoms with Crippen LogP contribution in [0.5, 0.6) is 0 Å². The summed E-state index contributed by atoms with van der Waals surface area (Å²) in [5.74, 6) is 0. The molecule has 31 heteroatoms. The second-order valence-electron chi connectivity index (χ2n) is 19.9. The highest BCUT2D eigenvalue weighted by Gasteiger charge is 2.32. The molecule has 0 spiro atoms. The molecule has 1 aromatic heterocycles. The van der Waals surface area contributed by atoms with Crippen LogP contribution >= 0.6 is 0 Å². The molecule has 11 aromatic rings. The Bertz CT molecular complexity index is 4820. The summed E-state index contributed by atoms with van der Waals surface area (Å²) in [5.41, 5.74) is -5.76. The standard InChI is InChI=1S/C50B30O/c51-19-3(8-9(25(57)42(74)41(73)24(8)56)10-14(19)33(65)44(76)43(75)26(10)58)1-4-6(22(54)39(71)37(69)20(4)52)2(7-5(1)21(53)38(70)40(72)23(7)55)13-28(60)30(62)15(31(63)29(13)61)11-12-17-35(67)32(64)16-18(36(68)46(78)45(77)34(16)66)49(17)81-50(12)48(80)47(79)27(11)59. The first kappa shape index (κ1) is 58.0. The van der Waals surface area contributed by atoms with Gasteiger partial charge in [-0.2, -0.15) is 0 Å². The Labute approximate surface area is 509 Å². The molecule has 1 heterocycles. The van der Waals surface area contributed by atoms with Crippen LogP contribution in [0.3, 0.4) is 0 Å². The van der Waals surface area contributed by atoms with Gasteiger partial charge in [-0.25, -0.2) is 0 Å². The molecule has 0 saturated carbocycles. The van der Waals surface area contributed by atoms with Crippen LogP contribution in [0.2, 0.25) is 0 Å². The van der Waals surface area contributed by atoms with Crippen molar-refractivity contribution in [1.29, 1.82) is 0 Å². The Kier molecular flexibility index (Phi) is 13.9. The van der Waals surface area contributed by atoms with Gasteiger partial charge in [0.15, 0.2) is 0 Å². The summed E-state index contributed by atoms with van der Waals surface area (Å²) in [5, 5.41) is 0.394. The van der Waals surface area contributed by atoms with Crippen molar-refractivity contribution in [3.63, 3.8) is 0 Å². The summed E-state index contributed by atoms with van der Waals surface area (Å²) in [6.07, 6.45) is 0. The van der Waals surface area contributed by atoms with E-state index in [2.05, 4.69) is 0 Å². The third-order valence-corrected chi connectivity index (χ3v) is 16.1. The summed E-state index contributed by atoms with van der Waals surface area (Å²) in [6.45, 7) is 0. The SMILES string of the molecule is [B]c1c([B])c(-c2c([B])c([B])c([B])c3oc4c5c([B])c([B])c([B])c([B])c5c([B])c([B])c4c23)c([B])c([B])c1-c1c2c([B])c([B])c([B])c([B])c2c(-c2c([B])c3c([B])c([B])c([B])c([B])c3c3c([B])c([B])c([B])c([B])c23)c2c([B])c([B])c([B])c([B])c12. The quantitative estimate of drug-likeness (QED) is 0.0977. The number of benzene rings is 10. The van der Waals surface area contributed by atoms with Gasteiger partial charge < -0.3 is 4.42 Å². The third kappa shape index (κ3) is 7.30. The Balaban J connectivity index is 1.39. The second kappa shape index (κ2) is 19.4. The van der Waals surface area contributed by atoms with Crippen molar-refractivity contribution < 1.29 is 4.42 Å². The summed E-state index contributed by atoms with van der Waals surface area (Å²) in [7, 11) is 206. The fraction of sp³-hybridized carbons (Fsp3) is 0. The molecule has 0 aliphatic carbocycles. The summed E-state index contributed by atoms with van der Waals surface area (Å²) in [4.78, 5) is 0. The zero-order valence-electron chi connectivity index (χ0n) is 42.7. The van der Waals surface area contributed by atoms with E-state index >= 15 is 0 Å². The fourth-order valence-corrected chi connectivity index (χ4v) is 11.8. The highest BCUT2D eigenvalue weighted by Crippen LogP contribution is 2.42. The number of fused-ring (bicyclic) bond motifs is 10. The van der Waals surface area contributed by atoms with Gasteiger partial charge in [0.25, 0.3) is 0 Å². The van der Waals surface area contributed by atoms with Gasteiger partial charge in [-0.05, 0) is 81.9 Å². The molecule has 0 fully saturated rings. The summed E-state index contributed by atoms with van der Waals surface area (Å²) < 4.78 is 6.51. The van der Waals surface area contributed by atoms with E-state index in [9.17, 15) is 0 Å². The van der Waals surface area contributed by atoms with E-state index in [0.29, 0.717) is 0 Å². The van der Waals surface area contributed by atoms with Crippen molar-refractivity contribution >= 4 is 475 Å². The van der Waals surface area contributed by atoms with E-state index in [1.165, 1.54) is 0 Å². The molecular formula is C50B30O. The van der Waals surface area contributed by atoms with Crippen LogP contribution in [-0.4, -0.2) is 235 Å². The Morgan fingerprint density at radius 2 is 0.309 bits per heavy atom. The van der Waals surface area contributed by atoms with Gasteiger partial charge in [0.05, 0.1) is 0 Å². The van der Waals surface area contributed by atoms with Crippen LogP contribution in [-0.2, 0) is 0 Å². The van der Waals surface area contributed by atoms with Crippen molar-refractivity contribution in [2.75, 3.05) is 0 Å². The van der Waals surface area contributed by atoms with Crippen LogP contribution in [0, 0.1) is 0 Å². The number of rotatable bonds is 3. The Hall–Kier alpha value is -4.75. The van der Waals surface area contributed by atoms with Crippen molar-refractivity contribution in [1.82, 2.24) is 0 Å². The largest absolute Gasteiger partial charge is 0.456 e. The van der Waals surface area contributed by atoms with Crippen molar-refractivity contribution in [2.24, 2.45) is 0 Å². The minimum atomic E-state index is -0.310. The average Bonchev–Trinajstić information content (AvgIpc) is 2.54. The molecule has 0 bridgehead atoms. The van der Waals surface area contributed by atoms with Crippen molar-refractivity contribution in [2.45, 2.75) is 0 Å². The van der Waals surface area contributed by atoms with Crippen molar-refractivity contribution in [3.05, 3.63) is 0 Å². The van der Waals surface area contributed by atoms with Crippen LogP contribution in [0.15, 0.2) is 4.42 Å². The van der Waals surface area contributed by atoms with E-state index in [1.807, 2.05) is 0 Å². The Morgan fingerprint density at radius 3 is 0.679 bits per heavy atom. The molecule has 0 saturated heterocycles. The van der Waals surface area contributed by atoms with E-state index < -0.39 is 0 Å². The van der Waals surface area contributed by atoms with Gasteiger partial charge in [0.1, 0.15) is 247 Å². The molecule has 0 unspecified atom stereocenters. The smallest absolute Gasteiger partial charge is 0.141 e. The summed E-state index contributed by atoms with van der Waals surface area (Å²) >= 11 is 0. The first-order valence-corrected chi connectivity index (χ1v) is 23.8. The zero-order chi connectivity index (χ0) is 59.6. The first-order valence-electron chi connectivity index (χ1n) is 23.8. The maximum atomic E-state index is 7.39. The topological polar surface area (TPSA) is 13.1 Å². The monoisotopic (exact) mass is 946 g/mol. The van der Waals surface area contributed by atoms with E-state index in [1.54, 1.807) is 0 Å². The van der Waals surface area contributed by atoms with Crippen LogP contribution in [0.1, 0.15) is 0 Å². The van der Waals surface area contributed by atoms with Gasteiger partial charge >= 0.3 is 0 Å². The van der Waals surface area contributed by atoms with Gasteiger partial charge in [0, 0.05) is 16.2 Å². The fourth-order valence-electron chi connectivity index (χ4n) is 11.8. The minimum absolute atomic E-state index is 0.00248. The van der Waals surface area contributed by atoms with E-state index in [-0.39, 0.29) is 273 Å². The normalized spacial score (nSPS) is 12.0. The molecular weight excluding hydrogens is 941 g/mol. The van der Waals surface area contributed by atoms with Gasteiger partial charge in [-0.1, -0.05) is 104 Å². The molecule has 10 aromatic carbocycles. The molecule has 0 N–H and O–H groups in total. The maximum Gasteiger partial charge on any atom is 0.141 e. The molecule has 0 aliphatic heterocycles. The lowest BCUT2D eigenvalue weighted by Gasteiger charge is -2.33. The molecule has 11 rings (SSSR count). The summed E-state index contributed by atoms with van der Waals surface area (Å²) in [6, 6.07) is 0. The molecule has 81 heavy (non-hydrogen) atoms. The average molecular weight is 941 g/mol. The zero-order valence-corrected chi connectivity index (χ0v) is 42.7. The second-order valence-corrected chi connectivity index (χ2v) is 19.9. The molecule has 60 radical (unpaired) electrons. The van der Waals surface area contributed by atoms with Crippen LogP contribution < -0.4 is 164 Å². The lowest BCUT2D eigenvalue weighted by Crippen LogP contribution is -2.52. The number of hydrogen-bond acceptors (Lipinski definition) is 1. The number of hydrogen-bond donors (Lipinski definition) is 0. The third-order valence-electron chi connectivity index (χ3n) is 16.1. The van der Waals surface area contributed by atoms with Crippen LogP contribution in [0.4, 0.5) is 0 Å². The lowest BCUT2D eigenvalue weighted by atomic mass is 9.55. The van der Waals surface area contributed by atoms with Gasteiger partial charge in [-0.15, -0.1) is 60.1 Å². The first-order chi connectivity index (χ1) is 37.8. The molecule has 1 nitrogen and oxygen atoms in total. The highest BCUT2D eigenvalue weighted by atomic mass is 16.3. The van der Waals surface area contributed by atoms with E-state index in [4.69, 9.17) is 240 Å². The Morgan fingerprint density at radius 1 is 0.111 bits per heavy atom. The number of furan rings is 1. The molecule has 0 aliphatic rings. The van der Waals surface area contributed by atoms with Gasteiger partial charge in [-0.3, -0.25) is 0 Å². The van der Waals surface area contributed by atoms with Crippen molar-refractivity contribution in [3.8, 4) is 33.4 Å². The van der Waals surface area contributed by atoms with Crippen LogP contribution in [0.25, 0.3) is 109 Å². The highest BCUT2D eigenvalue weighted by molar-refractivity contribution is 6.79.